The molecule has 0 spiro atoms. The average molecular weight is 223 g/mol. The Morgan fingerprint density at radius 1 is 1.27 bits per heavy atom. The minimum absolute atomic E-state index is 0.551. The molecule has 0 fully saturated rings. The van der Waals surface area contributed by atoms with E-state index in [0.29, 0.717) is 18.0 Å². The first-order chi connectivity index (χ1) is 7.31. The second-order valence-corrected chi connectivity index (χ2v) is 3.61. The highest BCUT2D eigenvalue weighted by Gasteiger charge is 2.09. The topological polar surface area (TPSA) is 52.0 Å². The molecule has 0 unspecified atom stereocenters. The Morgan fingerprint density at radius 2 is 2.00 bits per heavy atom. The molecule has 2 rings (SSSR count). The van der Waals surface area contributed by atoms with Crippen molar-refractivity contribution < 1.29 is 4.42 Å². The van der Waals surface area contributed by atoms with Crippen LogP contribution >= 0.6 is 11.6 Å². The van der Waals surface area contributed by atoms with Gasteiger partial charge in [-0.2, -0.15) is 0 Å². The third kappa shape index (κ3) is 2.19. The second kappa shape index (κ2) is 4.47. The molecule has 0 saturated carbocycles. The van der Waals surface area contributed by atoms with Crippen LogP contribution in [0.2, 0.25) is 5.02 Å². The van der Waals surface area contributed by atoms with Crippen LogP contribution in [-0.4, -0.2) is 11.5 Å². The maximum absolute atomic E-state index is 5.81. The zero-order chi connectivity index (χ0) is 10.7. The number of oxazole rings is 1. The summed E-state index contributed by atoms with van der Waals surface area (Å²) in [4.78, 5) is 4.17. The molecule has 1 aromatic carbocycles. The summed E-state index contributed by atoms with van der Waals surface area (Å²) in [5.74, 6) is 0.819. The molecule has 0 aliphatic carbocycles. The van der Waals surface area contributed by atoms with Gasteiger partial charge in [0.15, 0.2) is 6.39 Å². The van der Waals surface area contributed by atoms with Crippen LogP contribution in [0.15, 0.2) is 35.1 Å². The van der Waals surface area contributed by atoms with Gasteiger partial charge >= 0.3 is 0 Å². The van der Waals surface area contributed by atoms with Crippen molar-refractivity contribution in [3.8, 4) is 11.3 Å². The first kappa shape index (κ1) is 10.2. The van der Waals surface area contributed by atoms with Crippen LogP contribution in [0.5, 0.6) is 0 Å². The highest BCUT2D eigenvalue weighted by molar-refractivity contribution is 6.30. The average Bonchev–Trinajstić information content (AvgIpc) is 2.68. The van der Waals surface area contributed by atoms with Crippen molar-refractivity contribution in [3.05, 3.63) is 41.4 Å². The Morgan fingerprint density at radius 3 is 2.67 bits per heavy atom. The van der Waals surface area contributed by atoms with Crippen LogP contribution in [0.4, 0.5) is 0 Å². The standard InChI is InChI=1S/C11H11ClN2O/c12-9-3-1-8(2-4-9)11-10(5-6-13)15-7-14-11/h1-4,7H,5-6,13H2. The Kier molecular flexibility index (Phi) is 3.04. The number of hydrogen-bond donors (Lipinski definition) is 1. The van der Waals surface area contributed by atoms with E-state index in [1.54, 1.807) is 0 Å². The third-order valence-corrected chi connectivity index (χ3v) is 2.38. The molecule has 2 N–H and O–H groups in total. The maximum Gasteiger partial charge on any atom is 0.181 e. The highest BCUT2D eigenvalue weighted by atomic mass is 35.5. The lowest BCUT2D eigenvalue weighted by Gasteiger charge is -1.99. The first-order valence-corrected chi connectivity index (χ1v) is 5.07. The summed E-state index contributed by atoms with van der Waals surface area (Å²) in [6.45, 7) is 0.551. The van der Waals surface area contributed by atoms with Gasteiger partial charge in [0, 0.05) is 17.0 Å². The van der Waals surface area contributed by atoms with E-state index >= 15 is 0 Å². The quantitative estimate of drug-likeness (QED) is 0.868. The van der Waals surface area contributed by atoms with E-state index < -0.39 is 0 Å². The number of nitrogens with zero attached hydrogens (tertiary/aromatic N) is 1. The van der Waals surface area contributed by atoms with E-state index in [2.05, 4.69) is 4.98 Å². The molecule has 15 heavy (non-hydrogen) atoms. The van der Waals surface area contributed by atoms with E-state index in [9.17, 15) is 0 Å². The van der Waals surface area contributed by atoms with Gasteiger partial charge in [-0.25, -0.2) is 4.98 Å². The Bertz CT molecular complexity index is 436. The molecular weight excluding hydrogens is 212 g/mol. The Labute approximate surface area is 92.9 Å². The van der Waals surface area contributed by atoms with Gasteiger partial charge in [-0.15, -0.1) is 0 Å². The molecule has 0 atom stereocenters. The Balaban J connectivity index is 2.36. The fourth-order valence-electron chi connectivity index (χ4n) is 1.42. The van der Waals surface area contributed by atoms with Crippen LogP contribution in [0, 0.1) is 0 Å². The SMILES string of the molecule is NCCc1ocnc1-c1ccc(Cl)cc1. The maximum atomic E-state index is 5.81. The Hall–Kier alpha value is -1.32. The smallest absolute Gasteiger partial charge is 0.181 e. The fraction of sp³-hybridized carbons (Fsp3) is 0.182. The molecule has 1 heterocycles. The zero-order valence-corrected chi connectivity index (χ0v) is 8.87. The van der Waals surface area contributed by atoms with E-state index in [1.165, 1.54) is 6.39 Å². The summed E-state index contributed by atoms with van der Waals surface area (Å²) in [7, 11) is 0. The van der Waals surface area contributed by atoms with Crippen molar-refractivity contribution in [2.24, 2.45) is 5.73 Å². The monoisotopic (exact) mass is 222 g/mol. The molecule has 1 aromatic heterocycles. The van der Waals surface area contributed by atoms with Crippen LogP contribution in [0.3, 0.4) is 0 Å². The van der Waals surface area contributed by atoms with Crippen LogP contribution in [-0.2, 0) is 6.42 Å². The number of halogens is 1. The molecule has 0 bridgehead atoms. The molecule has 78 valence electrons. The molecule has 0 aliphatic rings. The van der Waals surface area contributed by atoms with Crippen molar-refractivity contribution in [3.63, 3.8) is 0 Å². The van der Waals surface area contributed by atoms with Gasteiger partial charge in [-0.1, -0.05) is 23.7 Å². The van der Waals surface area contributed by atoms with Gasteiger partial charge in [-0.3, -0.25) is 0 Å². The number of aromatic nitrogens is 1. The summed E-state index contributed by atoms with van der Waals surface area (Å²) in [6.07, 6.45) is 2.13. The number of hydrogen-bond acceptors (Lipinski definition) is 3. The van der Waals surface area contributed by atoms with Gasteiger partial charge in [0.2, 0.25) is 0 Å². The van der Waals surface area contributed by atoms with E-state index in [-0.39, 0.29) is 0 Å². The predicted octanol–water partition coefficient (Wildman–Crippen LogP) is 2.50. The minimum atomic E-state index is 0.551. The summed E-state index contributed by atoms with van der Waals surface area (Å²) in [5, 5.41) is 0.711. The summed E-state index contributed by atoms with van der Waals surface area (Å²) >= 11 is 5.81. The molecular formula is C11H11ClN2O. The lowest BCUT2D eigenvalue weighted by atomic mass is 10.1. The van der Waals surface area contributed by atoms with Gasteiger partial charge in [0.25, 0.3) is 0 Å². The van der Waals surface area contributed by atoms with E-state index in [0.717, 1.165) is 17.0 Å². The molecule has 3 nitrogen and oxygen atoms in total. The largest absolute Gasteiger partial charge is 0.448 e. The van der Waals surface area contributed by atoms with Gasteiger partial charge in [0.1, 0.15) is 11.5 Å². The molecule has 4 heteroatoms. The second-order valence-electron chi connectivity index (χ2n) is 3.17. The molecule has 2 aromatic rings. The highest BCUT2D eigenvalue weighted by Crippen LogP contribution is 2.23. The minimum Gasteiger partial charge on any atom is -0.448 e. The van der Waals surface area contributed by atoms with Gasteiger partial charge in [-0.05, 0) is 18.7 Å². The number of nitrogens with two attached hydrogens (primary N) is 1. The third-order valence-electron chi connectivity index (χ3n) is 2.13. The molecule has 0 radical (unpaired) electrons. The van der Waals surface area contributed by atoms with Crippen LogP contribution in [0.1, 0.15) is 5.76 Å². The van der Waals surface area contributed by atoms with Gasteiger partial charge < -0.3 is 10.2 Å². The lowest BCUT2D eigenvalue weighted by molar-refractivity contribution is 0.506. The predicted molar refractivity (Wildman–Crippen MR) is 59.7 cm³/mol. The normalized spacial score (nSPS) is 10.5. The van der Waals surface area contributed by atoms with E-state index in [4.69, 9.17) is 21.8 Å². The lowest BCUT2D eigenvalue weighted by Crippen LogP contribution is -2.02. The number of rotatable bonds is 3. The van der Waals surface area contributed by atoms with Crippen molar-refractivity contribution in [1.29, 1.82) is 0 Å². The zero-order valence-electron chi connectivity index (χ0n) is 8.11. The molecule has 0 amide bonds. The van der Waals surface area contributed by atoms with Crippen molar-refractivity contribution in [1.82, 2.24) is 4.98 Å². The summed E-state index contributed by atoms with van der Waals surface area (Å²) in [6, 6.07) is 7.50. The summed E-state index contributed by atoms with van der Waals surface area (Å²) in [5.41, 5.74) is 7.32. The van der Waals surface area contributed by atoms with Gasteiger partial charge in [0.05, 0.1) is 0 Å². The van der Waals surface area contributed by atoms with Crippen molar-refractivity contribution in [2.75, 3.05) is 6.54 Å². The van der Waals surface area contributed by atoms with Crippen LogP contribution in [0.25, 0.3) is 11.3 Å². The van der Waals surface area contributed by atoms with Crippen LogP contribution < -0.4 is 5.73 Å². The fourth-order valence-corrected chi connectivity index (χ4v) is 1.55. The van der Waals surface area contributed by atoms with Crippen molar-refractivity contribution >= 4 is 11.6 Å². The molecule has 0 saturated heterocycles. The van der Waals surface area contributed by atoms with E-state index in [1.807, 2.05) is 24.3 Å². The number of benzene rings is 1. The van der Waals surface area contributed by atoms with Crippen molar-refractivity contribution in [2.45, 2.75) is 6.42 Å². The summed E-state index contributed by atoms with van der Waals surface area (Å²) < 4.78 is 5.27. The first-order valence-electron chi connectivity index (χ1n) is 4.69. The molecule has 0 aliphatic heterocycles.